The first-order chi connectivity index (χ1) is 23.8. The first kappa shape index (κ1) is 34.1. The largest absolute Gasteiger partial charge is 0.490 e. The average molecular weight is 697 g/mol. The standard InChI is InChI=1S/C37H33FN4O7S/c1-24-34(36(44)42(41(24)4)26-11-7-5-8-12-26)35(43)40-25-15-18-33(30(38)21-25)48-32-19-20-39-31-22-27(16-17-29(31)32)47-23-37(2,3)49-50(45,46)28-13-9-6-10-14-28/h5-22H,23H2,1-4H3,(H,40,43). The fourth-order valence-corrected chi connectivity index (χ4v) is 6.53. The second-order valence-corrected chi connectivity index (χ2v) is 13.6. The third-order valence-electron chi connectivity index (χ3n) is 7.82. The van der Waals surface area contributed by atoms with Gasteiger partial charge in [0.05, 0.1) is 21.8 Å². The lowest BCUT2D eigenvalue weighted by molar-refractivity contribution is 0.0584. The number of nitrogens with zero attached hydrogens (tertiary/aromatic N) is 3. The Morgan fingerprint density at radius 2 is 1.62 bits per heavy atom. The van der Waals surface area contributed by atoms with E-state index < -0.39 is 33.0 Å². The maximum absolute atomic E-state index is 15.3. The number of nitrogens with one attached hydrogen (secondary N) is 1. The summed E-state index contributed by atoms with van der Waals surface area (Å²) in [7, 11) is -2.32. The molecule has 0 saturated carbocycles. The van der Waals surface area contributed by atoms with E-state index in [1.54, 1.807) is 99.2 Å². The minimum atomic E-state index is -4.01. The second-order valence-electron chi connectivity index (χ2n) is 12.0. The van der Waals surface area contributed by atoms with Crippen molar-refractivity contribution in [3.63, 3.8) is 0 Å². The summed E-state index contributed by atoms with van der Waals surface area (Å²) in [6.07, 6.45) is 1.50. The summed E-state index contributed by atoms with van der Waals surface area (Å²) in [5.74, 6) is -0.789. The van der Waals surface area contributed by atoms with Crippen molar-refractivity contribution in [2.24, 2.45) is 7.05 Å². The third kappa shape index (κ3) is 7.14. The molecule has 2 aromatic heterocycles. The van der Waals surface area contributed by atoms with Crippen LogP contribution in [0.3, 0.4) is 0 Å². The van der Waals surface area contributed by atoms with Gasteiger partial charge in [0.2, 0.25) is 0 Å². The van der Waals surface area contributed by atoms with E-state index in [2.05, 4.69) is 10.3 Å². The molecule has 0 spiro atoms. The highest BCUT2D eigenvalue weighted by atomic mass is 32.2. The Morgan fingerprint density at radius 1 is 0.920 bits per heavy atom. The molecule has 6 rings (SSSR count). The number of amides is 1. The number of aromatic nitrogens is 3. The normalized spacial score (nSPS) is 11.8. The number of benzene rings is 4. The van der Waals surface area contributed by atoms with Crippen molar-refractivity contribution >= 4 is 32.6 Å². The molecule has 6 aromatic rings. The summed E-state index contributed by atoms with van der Waals surface area (Å²) in [6.45, 7) is 4.79. The number of rotatable bonds is 11. The van der Waals surface area contributed by atoms with Crippen LogP contribution in [0.1, 0.15) is 29.9 Å². The Bertz CT molecular complexity index is 2370. The second kappa shape index (κ2) is 13.6. The molecule has 4 aromatic carbocycles. The van der Waals surface area contributed by atoms with Crippen LogP contribution >= 0.6 is 0 Å². The summed E-state index contributed by atoms with van der Waals surface area (Å²) in [6, 6.07) is 27.3. The summed E-state index contributed by atoms with van der Waals surface area (Å²) in [5, 5.41) is 3.18. The summed E-state index contributed by atoms with van der Waals surface area (Å²) < 4.78 is 60.9. The van der Waals surface area contributed by atoms with E-state index in [9.17, 15) is 18.0 Å². The minimum Gasteiger partial charge on any atom is -0.490 e. The van der Waals surface area contributed by atoms with Crippen molar-refractivity contribution in [3.05, 3.63) is 137 Å². The predicted molar refractivity (Wildman–Crippen MR) is 186 cm³/mol. The molecule has 0 radical (unpaired) electrons. The van der Waals surface area contributed by atoms with Gasteiger partial charge in [0, 0.05) is 36.5 Å². The number of halogens is 1. The van der Waals surface area contributed by atoms with E-state index in [4.69, 9.17) is 13.7 Å². The average Bonchev–Trinajstić information content (AvgIpc) is 3.32. The number of fused-ring (bicyclic) bond motifs is 1. The van der Waals surface area contributed by atoms with Gasteiger partial charge >= 0.3 is 0 Å². The molecule has 13 heteroatoms. The fraction of sp³-hybridized carbons (Fsp3) is 0.162. The minimum absolute atomic E-state index is 0.0447. The number of hydrogen-bond donors (Lipinski definition) is 1. The topological polar surface area (TPSA) is 131 Å². The Morgan fingerprint density at radius 3 is 2.32 bits per heavy atom. The van der Waals surface area contributed by atoms with Crippen molar-refractivity contribution in [2.75, 3.05) is 11.9 Å². The van der Waals surface area contributed by atoms with Crippen LogP contribution in [-0.2, 0) is 21.3 Å². The maximum Gasteiger partial charge on any atom is 0.297 e. The Kier molecular flexibility index (Phi) is 9.28. The van der Waals surface area contributed by atoms with Crippen LogP contribution in [0.5, 0.6) is 17.2 Å². The van der Waals surface area contributed by atoms with Crippen LogP contribution in [0.4, 0.5) is 10.1 Å². The molecule has 0 aliphatic carbocycles. The number of para-hydroxylation sites is 1. The van der Waals surface area contributed by atoms with Crippen molar-refractivity contribution in [2.45, 2.75) is 31.3 Å². The number of hydrogen-bond acceptors (Lipinski definition) is 8. The van der Waals surface area contributed by atoms with Gasteiger partial charge in [0.1, 0.15) is 29.3 Å². The molecule has 0 unspecified atom stereocenters. The molecule has 0 saturated heterocycles. The van der Waals surface area contributed by atoms with Gasteiger partial charge in [-0.2, -0.15) is 8.42 Å². The molecule has 256 valence electrons. The van der Waals surface area contributed by atoms with E-state index in [1.165, 1.54) is 35.1 Å². The molecule has 0 atom stereocenters. The van der Waals surface area contributed by atoms with Gasteiger partial charge < -0.3 is 14.8 Å². The van der Waals surface area contributed by atoms with Crippen LogP contribution in [0.25, 0.3) is 16.6 Å². The molecular formula is C37H33FN4O7S. The zero-order valence-electron chi connectivity index (χ0n) is 27.6. The number of anilines is 1. The van der Waals surface area contributed by atoms with Crippen LogP contribution in [0.15, 0.2) is 119 Å². The Labute approximate surface area is 287 Å². The molecular weight excluding hydrogens is 663 g/mol. The Hall–Kier alpha value is -5.79. The van der Waals surface area contributed by atoms with Gasteiger partial charge in [-0.05, 0) is 75.4 Å². The first-order valence-corrected chi connectivity index (χ1v) is 16.9. The zero-order chi connectivity index (χ0) is 35.6. The molecule has 0 aliphatic rings. The van der Waals surface area contributed by atoms with Gasteiger partial charge in [0.15, 0.2) is 11.6 Å². The molecule has 0 bridgehead atoms. The van der Waals surface area contributed by atoms with E-state index in [0.29, 0.717) is 33.8 Å². The van der Waals surface area contributed by atoms with Gasteiger partial charge in [-0.25, -0.2) is 9.07 Å². The summed E-state index contributed by atoms with van der Waals surface area (Å²) >= 11 is 0. The Balaban J connectivity index is 1.14. The van der Waals surface area contributed by atoms with E-state index in [-0.39, 0.29) is 28.5 Å². The highest BCUT2D eigenvalue weighted by Gasteiger charge is 2.29. The fourth-order valence-electron chi connectivity index (χ4n) is 5.30. The quantitative estimate of drug-likeness (QED) is 0.147. The summed E-state index contributed by atoms with van der Waals surface area (Å²) in [5.41, 5.74) is -0.0714. The molecule has 0 fully saturated rings. The van der Waals surface area contributed by atoms with Crippen molar-refractivity contribution in [1.82, 2.24) is 14.3 Å². The van der Waals surface area contributed by atoms with Gasteiger partial charge in [-0.3, -0.25) is 23.4 Å². The lowest BCUT2D eigenvalue weighted by Gasteiger charge is -2.24. The third-order valence-corrected chi connectivity index (χ3v) is 9.34. The first-order valence-electron chi connectivity index (χ1n) is 15.5. The van der Waals surface area contributed by atoms with Crippen LogP contribution in [0, 0.1) is 12.7 Å². The molecule has 0 aliphatic heterocycles. The predicted octanol–water partition coefficient (Wildman–Crippen LogP) is 6.78. The van der Waals surface area contributed by atoms with Crippen molar-refractivity contribution < 1.29 is 31.3 Å². The lowest BCUT2D eigenvalue weighted by Crippen LogP contribution is -2.34. The number of pyridine rings is 1. The lowest BCUT2D eigenvalue weighted by atomic mass is 10.1. The molecule has 50 heavy (non-hydrogen) atoms. The highest BCUT2D eigenvalue weighted by Crippen LogP contribution is 2.33. The van der Waals surface area contributed by atoms with Crippen LogP contribution in [-0.4, -0.2) is 40.9 Å². The van der Waals surface area contributed by atoms with Crippen molar-refractivity contribution in [1.29, 1.82) is 0 Å². The van der Waals surface area contributed by atoms with Gasteiger partial charge in [-0.1, -0.05) is 36.4 Å². The molecule has 1 N–H and O–H groups in total. The zero-order valence-corrected chi connectivity index (χ0v) is 28.4. The van der Waals surface area contributed by atoms with E-state index in [0.717, 1.165) is 6.07 Å². The molecule has 11 nitrogen and oxygen atoms in total. The smallest absolute Gasteiger partial charge is 0.297 e. The number of carbonyl (C=O) groups is 1. The number of carbonyl (C=O) groups excluding carboxylic acids is 1. The van der Waals surface area contributed by atoms with Gasteiger partial charge in [0.25, 0.3) is 21.6 Å². The SMILES string of the molecule is Cc1c(C(=O)Nc2ccc(Oc3ccnc4cc(OCC(C)(C)OS(=O)(=O)c5ccccc5)ccc34)c(F)c2)c(=O)n(-c2ccccc2)n1C. The monoisotopic (exact) mass is 696 g/mol. The number of ether oxygens (including phenoxy) is 2. The highest BCUT2D eigenvalue weighted by molar-refractivity contribution is 7.86. The van der Waals surface area contributed by atoms with Crippen LogP contribution in [0.2, 0.25) is 0 Å². The molecule has 2 heterocycles. The van der Waals surface area contributed by atoms with E-state index in [1.807, 2.05) is 6.07 Å². The van der Waals surface area contributed by atoms with Crippen molar-refractivity contribution in [3.8, 4) is 22.9 Å². The van der Waals surface area contributed by atoms with Gasteiger partial charge in [-0.15, -0.1) is 0 Å². The maximum atomic E-state index is 15.3. The molecule has 1 amide bonds. The summed E-state index contributed by atoms with van der Waals surface area (Å²) in [4.78, 5) is 30.8. The van der Waals surface area contributed by atoms with Crippen LogP contribution < -0.4 is 20.3 Å². The van der Waals surface area contributed by atoms with E-state index >= 15 is 4.39 Å².